The number of ether oxygens (including phenoxy) is 2. The highest BCUT2D eigenvalue weighted by atomic mass is 32.2. The highest BCUT2D eigenvalue weighted by Gasteiger charge is 2.14. The summed E-state index contributed by atoms with van der Waals surface area (Å²) in [5.74, 6) is 0.919. The highest BCUT2D eigenvalue weighted by Crippen LogP contribution is 2.30. The molecule has 0 unspecified atom stereocenters. The fourth-order valence-corrected chi connectivity index (χ4v) is 2.90. The topological polar surface area (TPSA) is 61.5 Å². The number of hydrogen-bond acceptors (Lipinski definition) is 5. The van der Waals surface area contributed by atoms with Gasteiger partial charge in [0, 0.05) is 10.6 Å². The van der Waals surface area contributed by atoms with Gasteiger partial charge in [-0.1, -0.05) is 12.1 Å². The Hall–Kier alpha value is -1.72. The fraction of sp³-hybridized carbons (Fsp3) is 0.267. The lowest BCUT2D eigenvalue weighted by Crippen LogP contribution is -2.33. The Balaban J connectivity index is 2.20. The number of esters is 1. The van der Waals surface area contributed by atoms with Gasteiger partial charge in [-0.05, 0) is 35.0 Å². The van der Waals surface area contributed by atoms with Crippen molar-refractivity contribution in [3.8, 4) is 5.75 Å². The van der Waals surface area contributed by atoms with Crippen molar-refractivity contribution in [3.05, 3.63) is 36.4 Å². The molecule has 0 aromatic heterocycles. The maximum absolute atomic E-state index is 11.3. The molecule has 2 aromatic rings. The first kappa shape index (κ1) is 14.7. The summed E-state index contributed by atoms with van der Waals surface area (Å²) in [7, 11) is 2.99. The molecule has 2 N–H and O–H groups in total. The van der Waals surface area contributed by atoms with Crippen molar-refractivity contribution in [2.45, 2.75) is 10.9 Å². The number of hydrogen-bond donors (Lipinski definition) is 1. The minimum atomic E-state index is -0.612. The molecule has 0 spiro atoms. The molecule has 0 bridgehead atoms. The van der Waals surface area contributed by atoms with Gasteiger partial charge in [0.1, 0.15) is 11.8 Å². The second kappa shape index (κ2) is 6.63. The van der Waals surface area contributed by atoms with Gasteiger partial charge in [-0.3, -0.25) is 4.79 Å². The lowest BCUT2D eigenvalue weighted by Gasteiger charge is -2.11. The number of nitrogens with two attached hydrogens (primary N) is 1. The van der Waals surface area contributed by atoms with Crippen molar-refractivity contribution in [1.29, 1.82) is 0 Å². The minimum Gasteiger partial charge on any atom is -0.497 e. The molecule has 0 aliphatic carbocycles. The molecule has 0 fully saturated rings. The molecule has 4 nitrogen and oxygen atoms in total. The first-order valence-electron chi connectivity index (χ1n) is 6.18. The van der Waals surface area contributed by atoms with E-state index >= 15 is 0 Å². The van der Waals surface area contributed by atoms with Gasteiger partial charge < -0.3 is 15.2 Å². The van der Waals surface area contributed by atoms with Crippen molar-refractivity contribution in [2.24, 2.45) is 5.73 Å². The van der Waals surface area contributed by atoms with E-state index in [0.717, 1.165) is 21.4 Å². The normalized spacial score (nSPS) is 12.2. The number of thioether (sulfide) groups is 1. The third-order valence-electron chi connectivity index (χ3n) is 2.97. The van der Waals surface area contributed by atoms with Gasteiger partial charge in [-0.15, -0.1) is 11.8 Å². The summed E-state index contributed by atoms with van der Waals surface area (Å²) in [6, 6.07) is 11.3. The van der Waals surface area contributed by atoms with Crippen LogP contribution in [0, 0.1) is 0 Å². The summed E-state index contributed by atoms with van der Waals surface area (Å²) in [6.45, 7) is 0. The van der Waals surface area contributed by atoms with E-state index in [-0.39, 0.29) is 5.97 Å². The zero-order valence-corrected chi connectivity index (χ0v) is 12.3. The maximum atomic E-state index is 11.3. The van der Waals surface area contributed by atoms with Crippen molar-refractivity contribution >= 4 is 28.5 Å². The molecule has 0 radical (unpaired) electrons. The first-order valence-corrected chi connectivity index (χ1v) is 7.17. The molecule has 2 rings (SSSR count). The van der Waals surface area contributed by atoms with E-state index in [2.05, 4.69) is 4.74 Å². The number of fused-ring (bicyclic) bond motifs is 1. The molecule has 106 valence electrons. The smallest absolute Gasteiger partial charge is 0.323 e. The SMILES string of the molecule is COC(=O)[C@@H](N)CSc1cccc2cc(OC)ccc12. The second-order valence-corrected chi connectivity index (χ2v) is 5.35. The molecule has 20 heavy (non-hydrogen) atoms. The molecule has 0 aliphatic heterocycles. The molecule has 0 saturated carbocycles. The predicted octanol–water partition coefficient (Wildman–Crippen LogP) is 2.44. The molecule has 5 heteroatoms. The quantitative estimate of drug-likeness (QED) is 0.677. The summed E-state index contributed by atoms with van der Waals surface area (Å²) in [6.07, 6.45) is 0. The van der Waals surface area contributed by atoms with E-state index in [1.165, 1.54) is 7.11 Å². The molecule has 1 atom stereocenters. The summed E-state index contributed by atoms with van der Waals surface area (Å²) < 4.78 is 9.84. The van der Waals surface area contributed by atoms with Crippen LogP contribution in [0.25, 0.3) is 10.8 Å². The Morgan fingerprint density at radius 1 is 1.30 bits per heavy atom. The van der Waals surface area contributed by atoms with Crippen LogP contribution in [0.5, 0.6) is 5.75 Å². The maximum Gasteiger partial charge on any atom is 0.323 e. The molecule has 2 aromatic carbocycles. The highest BCUT2D eigenvalue weighted by molar-refractivity contribution is 7.99. The largest absolute Gasteiger partial charge is 0.497 e. The van der Waals surface area contributed by atoms with Crippen LogP contribution in [0.2, 0.25) is 0 Å². The zero-order chi connectivity index (χ0) is 14.5. The van der Waals surface area contributed by atoms with E-state index in [1.54, 1.807) is 18.9 Å². The third kappa shape index (κ3) is 3.23. The van der Waals surface area contributed by atoms with Crippen molar-refractivity contribution < 1.29 is 14.3 Å². The molecule has 0 aliphatic rings. The van der Waals surface area contributed by atoms with E-state index in [4.69, 9.17) is 10.5 Å². The van der Waals surface area contributed by atoms with Crippen LogP contribution in [0.1, 0.15) is 0 Å². The van der Waals surface area contributed by atoms with Gasteiger partial charge in [0.25, 0.3) is 0 Å². The van der Waals surface area contributed by atoms with Crippen LogP contribution in [-0.2, 0) is 9.53 Å². The van der Waals surface area contributed by atoms with Gasteiger partial charge in [-0.2, -0.15) is 0 Å². The van der Waals surface area contributed by atoms with Crippen molar-refractivity contribution in [2.75, 3.05) is 20.0 Å². The number of benzene rings is 2. The monoisotopic (exact) mass is 291 g/mol. The Kier molecular flexibility index (Phi) is 4.87. The van der Waals surface area contributed by atoms with Crippen molar-refractivity contribution in [1.82, 2.24) is 0 Å². The lowest BCUT2D eigenvalue weighted by molar-refractivity contribution is -0.141. The number of rotatable bonds is 5. The van der Waals surface area contributed by atoms with E-state index in [1.807, 2.05) is 36.4 Å². The van der Waals surface area contributed by atoms with Gasteiger partial charge in [0.05, 0.1) is 14.2 Å². The van der Waals surface area contributed by atoms with Crippen LogP contribution >= 0.6 is 11.8 Å². The van der Waals surface area contributed by atoms with Gasteiger partial charge in [-0.25, -0.2) is 0 Å². The molecule has 0 heterocycles. The Bertz CT molecular complexity index is 615. The predicted molar refractivity (Wildman–Crippen MR) is 81.2 cm³/mol. The standard InChI is InChI=1S/C15H17NO3S/c1-18-11-6-7-12-10(8-11)4-3-5-14(12)20-9-13(16)15(17)19-2/h3-8,13H,9,16H2,1-2H3/t13-/m0/s1. The molecular weight excluding hydrogens is 274 g/mol. The third-order valence-corrected chi connectivity index (χ3v) is 4.16. The number of carbonyl (C=O) groups excluding carboxylic acids is 1. The summed E-state index contributed by atoms with van der Waals surface area (Å²) >= 11 is 1.55. The average Bonchev–Trinajstić information content (AvgIpc) is 2.50. The number of carbonyl (C=O) groups is 1. The summed E-state index contributed by atoms with van der Waals surface area (Å²) in [5.41, 5.74) is 5.75. The summed E-state index contributed by atoms with van der Waals surface area (Å²) in [5, 5.41) is 2.22. The van der Waals surface area contributed by atoms with Gasteiger partial charge in [0.15, 0.2) is 0 Å². The van der Waals surface area contributed by atoms with E-state index < -0.39 is 6.04 Å². The number of methoxy groups -OCH3 is 2. The minimum absolute atomic E-state index is 0.389. The summed E-state index contributed by atoms with van der Waals surface area (Å²) in [4.78, 5) is 12.4. The molecular formula is C15H17NO3S. The Morgan fingerprint density at radius 3 is 2.80 bits per heavy atom. The van der Waals surface area contributed by atoms with Crippen LogP contribution in [0.15, 0.2) is 41.3 Å². The second-order valence-electron chi connectivity index (χ2n) is 4.28. The fourth-order valence-electron chi connectivity index (χ4n) is 1.88. The van der Waals surface area contributed by atoms with E-state index in [9.17, 15) is 4.79 Å². The van der Waals surface area contributed by atoms with Crippen LogP contribution in [0.4, 0.5) is 0 Å². The van der Waals surface area contributed by atoms with Gasteiger partial charge in [0.2, 0.25) is 0 Å². The van der Waals surface area contributed by atoms with Crippen LogP contribution < -0.4 is 10.5 Å². The first-order chi connectivity index (χ1) is 9.65. The molecule has 0 amide bonds. The van der Waals surface area contributed by atoms with E-state index in [0.29, 0.717) is 5.75 Å². The average molecular weight is 291 g/mol. The Labute approximate surface area is 122 Å². The van der Waals surface area contributed by atoms with Crippen LogP contribution in [-0.4, -0.2) is 32.0 Å². The van der Waals surface area contributed by atoms with Gasteiger partial charge >= 0.3 is 5.97 Å². The lowest BCUT2D eigenvalue weighted by atomic mass is 10.1. The zero-order valence-electron chi connectivity index (χ0n) is 11.5. The Morgan fingerprint density at radius 2 is 2.10 bits per heavy atom. The molecule has 0 saturated heterocycles. The van der Waals surface area contributed by atoms with Crippen molar-refractivity contribution in [3.63, 3.8) is 0 Å². The van der Waals surface area contributed by atoms with Crippen LogP contribution in [0.3, 0.4) is 0 Å².